The molecule has 1 aliphatic heterocycles. The average molecular weight is 282 g/mol. The molecule has 116 valence electrons. The molecule has 0 bridgehead atoms. The van der Waals surface area contributed by atoms with Gasteiger partial charge in [0.05, 0.1) is 7.11 Å². The average Bonchev–Trinajstić information content (AvgIpc) is 2.59. The first-order valence-electron chi connectivity index (χ1n) is 7.98. The quantitative estimate of drug-likeness (QED) is 0.790. The monoisotopic (exact) mass is 282 g/mol. The van der Waals surface area contributed by atoms with Crippen molar-refractivity contribution in [3.63, 3.8) is 0 Å². The van der Waals surface area contributed by atoms with Crippen molar-refractivity contribution in [3.05, 3.63) is 0 Å². The van der Waals surface area contributed by atoms with E-state index >= 15 is 0 Å². The van der Waals surface area contributed by atoms with Gasteiger partial charge in [-0.2, -0.15) is 0 Å². The lowest BCUT2D eigenvalue weighted by Gasteiger charge is -2.41. The minimum atomic E-state index is -0.764. The van der Waals surface area contributed by atoms with Crippen LogP contribution in [0.15, 0.2) is 0 Å². The Bertz CT molecular complexity index is 356. The summed E-state index contributed by atoms with van der Waals surface area (Å²) in [5.41, 5.74) is 5.99. The Labute approximate surface area is 123 Å². The molecule has 0 radical (unpaired) electrons. The van der Waals surface area contributed by atoms with Gasteiger partial charge in [0.15, 0.2) is 0 Å². The van der Waals surface area contributed by atoms with Crippen molar-refractivity contribution in [2.45, 2.75) is 70.4 Å². The second-order valence-electron chi connectivity index (χ2n) is 7.45. The molecule has 0 aromatic rings. The van der Waals surface area contributed by atoms with Gasteiger partial charge in [-0.15, -0.1) is 0 Å². The highest BCUT2D eigenvalue weighted by Gasteiger charge is 2.42. The molecule has 0 spiro atoms. The maximum absolute atomic E-state index is 11.9. The normalized spacial score (nSPS) is 35.3. The summed E-state index contributed by atoms with van der Waals surface area (Å²) in [6.45, 7) is 7.00. The van der Waals surface area contributed by atoms with E-state index in [0.29, 0.717) is 11.5 Å². The number of rotatable bonds is 2. The first-order chi connectivity index (χ1) is 9.36. The molecule has 2 rings (SSSR count). The molecular weight excluding hydrogens is 252 g/mol. The van der Waals surface area contributed by atoms with Crippen molar-refractivity contribution in [3.8, 4) is 0 Å². The molecule has 0 aromatic heterocycles. The van der Waals surface area contributed by atoms with Gasteiger partial charge >= 0.3 is 5.97 Å². The van der Waals surface area contributed by atoms with E-state index in [0.717, 1.165) is 38.8 Å². The van der Waals surface area contributed by atoms with Gasteiger partial charge in [0.25, 0.3) is 0 Å². The van der Waals surface area contributed by atoms with Crippen LogP contribution in [-0.2, 0) is 9.53 Å². The molecule has 2 atom stereocenters. The Morgan fingerprint density at radius 2 is 1.95 bits per heavy atom. The van der Waals surface area contributed by atoms with Crippen LogP contribution < -0.4 is 5.73 Å². The third-order valence-corrected chi connectivity index (χ3v) is 5.24. The summed E-state index contributed by atoms with van der Waals surface area (Å²) >= 11 is 0. The summed E-state index contributed by atoms with van der Waals surface area (Å²) < 4.78 is 4.90. The van der Waals surface area contributed by atoms with Gasteiger partial charge < -0.3 is 15.4 Å². The Hall–Kier alpha value is -0.610. The smallest absolute Gasteiger partial charge is 0.325 e. The van der Waals surface area contributed by atoms with Crippen LogP contribution >= 0.6 is 0 Å². The lowest BCUT2D eigenvalue weighted by molar-refractivity contribution is -0.149. The minimum absolute atomic E-state index is 0.239. The molecule has 4 heteroatoms. The standard InChI is InChI=1S/C16H30N2O2/c1-15(2)7-5-10-18(11-9-15)13-6-4-8-16(17,12-13)14(19)20-3/h13H,4-12,17H2,1-3H3. The van der Waals surface area contributed by atoms with E-state index in [1.807, 2.05) is 0 Å². The Balaban J connectivity index is 2.00. The molecule has 1 heterocycles. The summed E-state index contributed by atoms with van der Waals surface area (Å²) in [7, 11) is 1.44. The number of hydrogen-bond donors (Lipinski definition) is 1. The number of methoxy groups -OCH3 is 1. The van der Waals surface area contributed by atoms with Crippen molar-refractivity contribution in [1.82, 2.24) is 4.90 Å². The predicted molar refractivity (Wildman–Crippen MR) is 80.4 cm³/mol. The van der Waals surface area contributed by atoms with Crippen molar-refractivity contribution < 1.29 is 9.53 Å². The van der Waals surface area contributed by atoms with Gasteiger partial charge in [0.2, 0.25) is 0 Å². The molecule has 4 nitrogen and oxygen atoms in total. The first kappa shape index (κ1) is 15.8. The van der Waals surface area contributed by atoms with Crippen molar-refractivity contribution >= 4 is 5.97 Å². The number of carbonyl (C=O) groups excluding carboxylic acids is 1. The number of ether oxygens (including phenoxy) is 1. The lowest BCUT2D eigenvalue weighted by Crippen LogP contribution is -2.56. The van der Waals surface area contributed by atoms with Crippen LogP contribution in [0, 0.1) is 5.41 Å². The predicted octanol–water partition coefficient (Wildman–Crippen LogP) is 2.31. The fourth-order valence-electron chi connectivity index (χ4n) is 3.79. The number of carbonyl (C=O) groups is 1. The van der Waals surface area contributed by atoms with Gasteiger partial charge in [-0.05, 0) is 63.5 Å². The number of hydrogen-bond acceptors (Lipinski definition) is 4. The van der Waals surface area contributed by atoms with Crippen LogP contribution in [0.2, 0.25) is 0 Å². The molecule has 1 saturated carbocycles. The van der Waals surface area contributed by atoms with Crippen LogP contribution in [0.3, 0.4) is 0 Å². The molecule has 2 fully saturated rings. The molecule has 20 heavy (non-hydrogen) atoms. The van der Waals surface area contributed by atoms with E-state index in [2.05, 4.69) is 18.7 Å². The zero-order chi connectivity index (χ0) is 14.8. The zero-order valence-corrected chi connectivity index (χ0v) is 13.3. The highest BCUT2D eigenvalue weighted by atomic mass is 16.5. The van der Waals surface area contributed by atoms with Gasteiger partial charge in [-0.1, -0.05) is 13.8 Å². The summed E-state index contributed by atoms with van der Waals surface area (Å²) in [4.78, 5) is 14.5. The maximum atomic E-state index is 11.9. The van der Waals surface area contributed by atoms with Crippen LogP contribution in [0.5, 0.6) is 0 Å². The van der Waals surface area contributed by atoms with E-state index in [1.54, 1.807) is 0 Å². The summed E-state index contributed by atoms with van der Waals surface area (Å²) in [5, 5.41) is 0. The fourth-order valence-corrected chi connectivity index (χ4v) is 3.79. The van der Waals surface area contributed by atoms with E-state index < -0.39 is 5.54 Å². The van der Waals surface area contributed by atoms with Crippen LogP contribution in [0.25, 0.3) is 0 Å². The SMILES string of the molecule is COC(=O)C1(N)CCCC(N2CCCC(C)(C)CC2)C1. The van der Waals surface area contributed by atoms with Gasteiger partial charge in [-0.3, -0.25) is 4.79 Å². The summed E-state index contributed by atoms with van der Waals surface area (Å²) in [6.07, 6.45) is 7.47. The van der Waals surface area contributed by atoms with E-state index in [9.17, 15) is 4.79 Å². The number of nitrogens with zero attached hydrogens (tertiary/aromatic N) is 1. The third-order valence-electron chi connectivity index (χ3n) is 5.24. The third kappa shape index (κ3) is 3.53. The molecule has 1 saturated heterocycles. The van der Waals surface area contributed by atoms with Crippen LogP contribution in [0.4, 0.5) is 0 Å². The van der Waals surface area contributed by atoms with E-state index in [4.69, 9.17) is 10.5 Å². The first-order valence-corrected chi connectivity index (χ1v) is 7.98. The Kier molecular flexibility index (Phi) is 4.75. The van der Waals surface area contributed by atoms with E-state index in [1.165, 1.54) is 26.4 Å². The zero-order valence-electron chi connectivity index (χ0n) is 13.3. The molecular formula is C16H30N2O2. The number of nitrogens with two attached hydrogens (primary N) is 1. The molecule has 0 aromatic carbocycles. The Morgan fingerprint density at radius 3 is 2.65 bits per heavy atom. The fraction of sp³-hybridized carbons (Fsp3) is 0.938. The van der Waals surface area contributed by atoms with Crippen molar-refractivity contribution in [1.29, 1.82) is 0 Å². The molecule has 0 amide bonds. The topological polar surface area (TPSA) is 55.6 Å². The van der Waals surface area contributed by atoms with Gasteiger partial charge in [-0.25, -0.2) is 0 Å². The molecule has 2 aliphatic rings. The minimum Gasteiger partial charge on any atom is -0.468 e. The number of esters is 1. The number of likely N-dealkylation sites (tertiary alicyclic amines) is 1. The molecule has 2 N–H and O–H groups in total. The van der Waals surface area contributed by atoms with E-state index in [-0.39, 0.29) is 5.97 Å². The lowest BCUT2D eigenvalue weighted by atomic mass is 9.79. The molecule has 2 unspecified atom stereocenters. The summed E-state index contributed by atoms with van der Waals surface area (Å²) in [5.74, 6) is -0.239. The highest BCUT2D eigenvalue weighted by Crippen LogP contribution is 2.35. The molecule has 1 aliphatic carbocycles. The second-order valence-corrected chi connectivity index (χ2v) is 7.45. The van der Waals surface area contributed by atoms with Crippen LogP contribution in [0.1, 0.15) is 58.8 Å². The summed E-state index contributed by atoms with van der Waals surface area (Å²) in [6, 6.07) is 0.446. The van der Waals surface area contributed by atoms with Gasteiger partial charge in [0.1, 0.15) is 5.54 Å². The van der Waals surface area contributed by atoms with Crippen LogP contribution in [-0.4, -0.2) is 42.6 Å². The Morgan fingerprint density at radius 1 is 1.20 bits per heavy atom. The van der Waals surface area contributed by atoms with Gasteiger partial charge in [0, 0.05) is 6.04 Å². The van der Waals surface area contributed by atoms with Crippen molar-refractivity contribution in [2.24, 2.45) is 11.1 Å². The second kappa shape index (κ2) is 6.02. The highest BCUT2D eigenvalue weighted by molar-refractivity contribution is 5.80. The largest absolute Gasteiger partial charge is 0.468 e. The maximum Gasteiger partial charge on any atom is 0.325 e. The van der Waals surface area contributed by atoms with Crippen molar-refractivity contribution in [2.75, 3.05) is 20.2 Å².